The Bertz CT molecular complexity index is 283. The summed E-state index contributed by atoms with van der Waals surface area (Å²) in [4.78, 5) is 0. The third-order valence-corrected chi connectivity index (χ3v) is 1.06. The molecule has 1 unspecified atom stereocenters. The molecule has 2 aromatic heterocycles. The van der Waals surface area contributed by atoms with Crippen LogP contribution in [0.3, 0.4) is 0 Å². The lowest BCUT2D eigenvalue weighted by molar-refractivity contribution is 0.539. The van der Waals surface area contributed by atoms with Gasteiger partial charge in [0.1, 0.15) is 11.2 Å². The molecule has 2 N–H and O–H groups in total. The molecule has 2 aromatic rings. The first-order valence-corrected chi connectivity index (χ1v) is 3.94. The topological polar surface area (TPSA) is 79.3 Å². The number of fused-ring (bicyclic) bond motifs is 2. The van der Waals surface area contributed by atoms with Crippen LogP contribution in [-0.2, 0) is 11.3 Å². The van der Waals surface area contributed by atoms with E-state index in [0.717, 1.165) is 11.2 Å². The van der Waals surface area contributed by atoms with E-state index in [4.69, 9.17) is 13.2 Å². The molecule has 0 aliphatic rings. The van der Waals surface area contributed by atoms with Crippen molar-refractivity contribution in [1.29, 1.82) is 0 Å². The molecule has 0 spiro atoms. The molecule has 0 aliphatic heterocycles. The average Bonchev–Trinajstić information content (AvgIpc) is 2.45. The van der Waals surface area contributed by atoms with Gasteiger partial charge in [0.15, 0.2) is 0 Å². The third kappa shape index (κ3) is 2.67. The Kier molecular flexibility index (Phi) is 2.58. The van der Waals surface area contributed by atoms with Gasteiger partial charge in [-0.05, 0) is 24.3 Å². The van der Waals surface area contributed by atoms with Crippen LogP contribution >= 0.6 is 0 Å². The second kappa shape index (κ2) is 3.47. The maximum absolute atomic E-state index is 8.78. The molecule has 4 nitrogen and oxygen atoms in total. The van der Waals surface area contributed by atoms with E-state index in [2.05, 4.69) is 5.14 Å². The van der Waals surface area contributed by atoms with E-state index < -0.39 is 11.3 Å². The highest BCUT2D eigenvalue weighted by Gasteiger charge is 1.91. The highest BCUT2D eigenvalue weighted by molar-refractivity contribution is 7.76. The van der Waals surface area contributed by atoms with Crippen LogP contribution in [0.15, 0.2) is 28.7 Å². The van der Waals surface area contributed by atoms with Crippen LogP contribution in [0.5, 0.6) is 0 Å². The summed E-state index contributed by atoms with van der Waals surface area (Å²) in [6.45, 7) is 0. The van der Waals surface area contributed by atoms with Gasteiger partial charge < -0.3 is 8.97 Å². The van der Waals surface area contributed by atoms with Crippen molar-refractivity contribution in [3.05, 3.63) is 24.3 Å². The molecule has 0 radical (unpaired) electrons. The highest BCUT2D eigenvalue weighted by Crippen LogP contribution is 2.13. The summed E-state index contributed by atoms with van der Waals surface area (Å²) in [6.07, 6.45) is 0. The van der Waals surface area contributed by atoms with Crippen LogP contribution in [0.1, 0.15) is 0 Å². The lowest BCUT2D eigenvalue weighted by Crippen LogP contribution is -1.97. The number of nitrogens with two attached hydrogens (primary N) is 1. The Morgan fingerprint density at radius 2 is 1.55 bits per heavy atom. The SMILES string of the molecule is NS(=O)[O-].c1cc2ccc1o2. The molecule has 0 aliphatic carbocycles. The van der Waals surface area contributed by atoms with Crippen LogP contribution in [0, 0.1) is 0 Å². The van der Waals surface area contributed by atoms with Crippen molar-refractivity contribution in [1.82, 2.24) is 0 Å². The predicted octanol–water partition coefficient (Wildman–Crippen LogP) is 0.610. The van der Waals surface area contributed by atoms with Gasteiger partial charge in [-0.15, -0.1) is 0 Å². The van der Waals surface area contributed by atoms with Crippen LogP contribution in [0.2, 0.25) is 0 Å². The molecule has 0 saturated carbocycles. The van der Waals surface area contributed by atoms with E-state index in [1.165, 1.54) is 0 Å². The zero-order valence-electron chi connectivity index (χ0n) is 5.52. The van der Waals surface area contributed by atoms with E-state index in [-0.39, 0.29) is 0 Å². The summed E-state index contributed by atoms with van der Waals surface area (Å²) in [7, 11) is 0. The van der Waals surface area contributed by atoms with Crippen molar-refractivity contribution < 1.29 is 13.2 Å². The normalized spacial score (nSPS) is 12.5. The standard InChI is InChI=1S/C6H4O.H3NO2S/c1-2-6-4-3-5(1)7-6;1-4(2)3/h1-4H;1H2,(H,2,3)/p-1. The zero-order chi connectivity index (χ0) is 8.27. The second-order valence-electron chi connectivity index (χ2n) is 1.83. The molecule has 0 amide bonds. The van der Waals surface area contributed by atoms with Crippen molar-refractivity contribution in [2.45, 2.75) is 0 Å². The molecule has 1 atom stereocenters. The molecule has 2 bridgehead atoms. The quantitative estimate of drug-likeness (QED) is 0.591. The molecular formula is C6H6NO3S-. The number of hydrogen-bond donors (Lipinski definition) is 1. The fraction of sp³-hybridized carbons (Fsp3) is 0. The Balaban J connectivity index is 0.000000134. The van der Waals surface area contributed by atoms with E-state index >= 15 is 0 Å². The summed E-state index contributed by atoms with van der Waals surface area (Å²) in [5.41, 5.74) is 1.94. The van der Waals surface area contributed by atoms with E-state index in [1.54, 1.807) is 0 Å². The number of benzene rings is 1. The van der Waals surface area contributed by atoms with E-state index in [1.807, 2.05) is 24.3 Å². The fourth-order valence-corrected chi connectivity index (χ4v) is 0.712. The first-order valence-electron chi connectivity index (χ1n) is 2.80. The highest BCUT2D eigenvalue weighted by atomic mass is 32.2. The molecule has 2 heterocycles. The van der Waals surface area contributed by atoms with Crippen LogP contribution in [-0.4, -0.2) is 8.76 Å². The number of rotatable bonds is 0. The van der Waals surface area contributed by atoms with Crippen molar-refractivity contribution in [2.24, 2.45) is 5.14 Å². The van der Waals surface area contributed by atoms with Crippen LogP contribution in [0.25, 0.3) is 11.2 Å². The Labute approximate surface area is 65.7 Å². The first kappa shape index (κ1) is 8.19. The summed E-state index contributed by atoms with van der Waals surface area (Å²) < 4.78 is 22.6. The predicted molar refractivity (Wildman–Crippen MR) is 40.5 cm³/mol. The second-order valence-corrected chi connectivity index (χ2v) is 2.35. The van der Waals surface area contributed by atoms with Crippen molar-refractivity contribution in [3.63, 3.8) is 0 Å². The zero-order valence-corrected chi connectivity index (χ0v) is 6.34. The minimum absolute atomic E-state index is 0.968. The fourth-order valence-electron chi connectivity index (χ4n) is 0.712. The summed E-state index contributed by atoms with van der Waals surface area (Å²) >= 11 is -2.36. The molecule has 0 fully saturated rings. The smallest absolute Gasteiger partial charge is 0.127 e. The number of hydrogen-bond acceptors (Lipinski definition) is 3. The van der Waals surface area contributed by atoms with Gasteiger partial charge in [0.05, 0.1) is 0 Å². The van der Waals surface area contributed by atoms with Gasteiger partial charge in [0.2, 0.25) is 0 Å². The maximum Gasteiger partial charge on any atom is 0.127 e. The summed E-state index contributed by atoms with van der Waals surface area (Å²) in [5.74, 6) is 0. The summed E-state index contributed by atoms with van der Waals surface area (Å²) in [5, 5.41) is 4.03. The lowest BCUT2D eigenvalue weighted by atomic mass is 10.4. The minimum Gasteiger partial charge on any atom is -0.760 e. The summed E-state index contributed by atoms with van der Waals surface area (Å²) in [6, 6.07) is 7.81. The molecule has 0 aromatic carbocycles. The first-order chi connectivity index (χ1) is 5.18. The largest absolute Gasteiger partial charge is 0.760 e. The van der Waals surface area contributed by atoms with Crippen molar-refractivity contribution in [2.75, 3.05) is 0 Å². The van der Waals surface area contributed by atoms with Gasteiger partial charge in [0.25, 0.3) is 0 Å². The van der Waals surface area contributed by atoms with Gasteiger partial charge in [-0.25, -0.2) is 0 Å². The van der Waals surface area contributed by atoms with E-state index in [9.17, 15) is 0 Å². The molecule has 0 saturated heterocycles. The molecular weight excluding hydrogens is 166 g/mol. The van der Waals surface area contributed by atoms with Gasteiger partial charge in [-0.1, -0.05) is 0 Å². The molecule has 5 heteroatoms. The maximum atomic E-state index is 8.78. The van der Waals surface area contributed by atoms with Crippen molar-refractivity contribution in [3.8, 4) is 0 Å². The van der Waals surface area contributed by atoms with Crippen LogP contribution in [0.4, 0.5) is 0 Å². The number of furan rings is 2. The molecule has 11 heavy (non-hydrogen) atoms. The van der Waals surface area contributed by atoms with Gasteiger partial charge in [-0.2, -0.15) is 0 Å². The lowest BCUT2D eigenvalue weighted by Gasteiger charge is -1.85. The Morgan fingerprint density at radius 1 is 1.27 bits per heavy atom. The molecule has 60 valence electrons. The van der Waals surface area contributed by atoms with Gasteiger partial charge in [0, 0.05) is 11.3 Å². The van der Waals surface area contributed by atoms with Crippen LogP contribution < -0.4 is 5.14 Å². The minimum atomic E-state index is -2.36. The third-order valence-electron chi connectivity index (χ3n) is 1.06. The van der Waals surface area contributed by atoms with E-state index in [0.29, 0.717) is 0 Å². The Morgan fingerprint density at radius 3 is 1.64 bits per heavy atom. The molecule has 2 rings (SSSR count). The van der Waals surface area contributed by atoms with Gasteiger partial charge >= 0.3 is 0 Å². The van der Waals surface area contributed by atoms with Crippen molar-refractivity contribution >= 4 is 22.4 Å². The average molecular weight is 172 g/mol. The Hall–Kier alpha value is -0.910. The van der Waals surface area contributed by atoms with Gasteiger partial charge in [-0.3, -0.25) is 9.35 Å². The monoisotopic (exact) mass is 172 g/mol.